The van der Waals surface area contributed by atoms with E-state index in [0.717, 1.165) is 22.0 Å². The van der Waals surface area contributed by atoms with Crippen LogP contribution in [0.25, 0.3) is 10.8 Å². The highest BCUT2D eigenvalue weighted by atomic mass is 16.5. The number of hydrogen-bond donors (Lipinski definition) is 1. The van der Waals surface area contributed by atoms with Gasteiger partial charge in [-0.25, -0.2) is 0 Å². The number of benzene rings is 2. The van der Waals surface area contributed by atoms with Crippen molar-refractivity contribution in [2.45, 2.75) is 6.04 Å². The molecule has 0 bridgehead atoms. The highest BCUT2D eigenvalue weighted by Crippen LogP contribution is 2.36. The molecule has 6 nitrogen and oxygen atoms in total. The molecule has 3 aromatic rings. The molecule has 0 aliphatic heterocycles. The summed E-state index contributed by atoms with van der Waals surface area (Å²) in [5.41, 5.74) is 8.15. The third-order valence-corrected chi connectivity index (χ3v) is 4.36. The van der Waals surface area contributed by atoms with E-state index in [9.17, 15) is 0 Å². The normalized spacial score (nSPS) is 11.9. The maximum atomic E-state index is 6.53. The van der Waals surface area contributed by atoms with Crippen LogP contribution < -0.4 is 24.7 Å². The summed E-state index contributed by atoms with van der Waals surface area (Å²) in [5.74, 6) is 2.58. The second-order valence-corrected chi connectivity index (χ2v) is 5.72. The molecule has 0 aliphatic rings. The summed E-state index contributed by atoms with van der Waals surface area (Å²) < 4.78 is 21.5. The number of nitrogens with zero attached hydrogens (tertiary/aromatic N) is 1. The lowest BCUT2D eigenvalue weighted by molar-refractivity contribution is 0.354. The van der Waals surface area contributed by atoms with E-state index < -0.39 is 6.04 Å². The van der Waals surface area contributed by atoms with E-state index in [-0.39, 0.29) is 0 Å². The molecular formula is C20H22N2O4. The average molecular weight is 354 g/mol. The van der Waals surface area contributed by atoms with Crippen molar-refractivity contribution in [2.75, 3.05) is 28.4 Å². The quantitative estimate of drug-likeness (QED) is 0.732. The van der Waals surface area contributed by atoms with Gasteiger partial charge in [-0.3, -0.25) is 4.98 Å². The minimum atomic E-state index is -0.434. The first kappa shape index (κ1) is 17.8. The van der Waals surface area contributed by atoms with Gasteiger partial charge in [0.1, 0.15) is 0 Å². The Morgan fingerprint density at radius 3 is 2.04 bits per heavy atom. The summed E-state index contributed by atoms with van der Waals surface area (Å²) in [6, 6.07) is 10.9. The summed E-state index contributed by atoms with van der Waals surface area (Å²) >= 11 is 0. The molecule has 6 heteroatoms. The molecular weight excluding hydrogens is 332 g/mol. The van der Waals surface area contributed by atoms with Crippen molar-refractivity contribution >= 4 is 10.8 Å². The van der Waals surface area contributed by atoms with E-state index in [0.29, 0.717) is 23.0 Å². The third-order valence-electron chi connectivity index (χ3n) is 4.36. The predicted molar refractivity (Wildman–Crippen MR) is 100 cm³/mol. The van der Waals surface area contributed by atoms with E-state index in [1.54, 1.807) is 34.6 Å². The fourth-order valence-corrected chi connectivity index (χ4v) is 2.97. The molecule has 2 aromatic carbocycles. The lowest BCUT2D eigenvalue weighted by Crippen LogP contribution is -2.14. The molecule has 0 saturated carbocycles. The second kappa shape index (κ2) is 7.49. The molecule has 0 amide bonds. The molecule has 2 N–H and O–H groups in total. The van der Waals surface area contributed by atoms with Crippen LogP contribution in [0, 0.1) is 0 Å². The lowest BCUT2D eigenvalue weighted by atomic mass is 9.98. The van der Waals surface area contributed by atoms with Crippen molar-refractivity contribution in [3.63, 3.8) is 0 Å². The average Bonchev–Trinajstić information content (AvgIpc) is 2.70. The van der Waals surface area contributed by atoms with Crippen molar-refractivity contribution in [3.05, 3.63) is 53.9 Å². The molecule has 1 atom stereocenters. The Labute approximate surface area is 152 Å². The minimum absolute atomic E-state index is 0.434. The summed E-state index contributed by atoms with van der Waals surface area (Å²) in [7, 11) is 6.42. The van der Waals surface area contributed by atoms with Gasteiger partial charge in [0.25, 0.3) is 0 Å². The summed E-state index contributed by atoms with van der Waals surface area (Å²) in [6.07, 6.45) is 1.74. The van der Waals surface area contributed by atoms with Crippen molar-refractivity contribution < 1.29 is 18.9 Å². The SMILES string of the molecule is COc1ccc([C@H](N)c2nccc3cc(OC)c(OC)cc23)cc1OC. The van der Waals surface area contributed by atoms with Crippen LogP contribution >= 0.6 is 0 Å². The van der Waals surface area contributed by atoms with E-state index in [1.807, 2.05) is 36.4 Å². The second-order valence-electron chi connectivity index (χ2n) is 5.72. The molecule has 136 valence electrons. The van der Waals surface area contributed by atoms with Gasteiger partial charge in [-0.15, -0.1) is 0 Å². The standard InChI is InChI=1S/C20H22N2O4/c1-23-15-6-5-13(10-16(15)24-2)19(21)20-14-11-18(26-4)17(25-3)9-12(14)7-8-22-20/h5-11,19H,21H2,1-4H3/t19-/m0/s1. The zero-order chi connectivity index (χ0) is 18.7. The molecule has 0 saturated heterocycles. The molecule has 0 unspecified atom stereocenters. The highest BCUT2D eigenvalue weighted by Gasteiger charge is 2.18. The van der Waals surface area contributed by atoms with Crippen molar-refractivity contribution in [2.24, 2.45) is 5.73 Å². The van der Waals surface area contributed by atoms with Crippen LogP contribution in [-0.4, -0.2) is 33.4 Å². The molecule has 1 aromatic heterocycles. The zero-order valence-corrected chi connectivity index (χ0v) is 15.3. The number of fused-ring (bicyclic) bond motifs is 1. The number of hydrogen-bond acceptors (Lipinski definition) is 6. The first-order valence-corrected chi connectivity index (χ1v) is 8.11. The van der Waals surface area contributed by atoms with Crippen LogP contribution in [0.4, 0.5) is 0 Å². The van der Waals surface area contributed by atoms with Crippen molar-refractivity contribution in [3.8, 4) is 23.0 Å². The van der Waals surface area contributed by atoms with Gasteiger partial charge < -0.3 is 24.7 Å². The Kier molecular flexibility index (Phi) is 5.14. The van der Waals surface area contributed by atoms with Crippen molar-refractivity contribution in [1.29, 1.82) is 0 Å². The number of pyridine rings is 1. The number of methoxy groups -OCH3 is 4. The van der Waals surface area contributed by atoms with Crippen LogP contribution in [0.5, 0.6) is 23.0 Å². The highest BCUT2D eigenvalue weighted by molar-refractivity contribution is 5.88. The molecule has 0 radical (unpaired) electrons. The number of ether oxygens (including phenoxy) is 4. The first-order valence-electron chi connectivity index (χ1n) is 8.11. The fourth-order valence-electron chi connectivity index (χ4n) is 2.97. The number of aromatic nitrogens is 1. The monoisotopic (exact) mass is 354 g/mol. The van der Waals surface area contributed by atoms with Gasteiger partial charge in [-0.2, -0.15) is 0 Å². The minimum Gasteiger partial charge on any atom is -0.493 e. The van der Waals surface area contributed by atoms with Crippen LogP contribution in [0.1, 0.15) is 17.3 Å². The fraction of sp³-hybridized carbons (Fsp3) is 0.250. The van der Waals surface area contributed by atoms with Crippen LogP contribution in [0.2, 0.25) is 0 Å². The Bertz CT molecular complexity index is 927. The van der Waals surface area contributed by atoms with E-state index in [4.69, 9.17) is 24.7 Å². The summed E-state index contributed by atoms with van der Waals surface area (Å²) in [6.45, 7) is 0. The van der Waals surface area contributed by atoms with E-state index in [1.165, 1.54) is 0 Å². The molecule has 26 heavy (non-hydrogen) atoms. The molecule has 0 aliphatic carbocycles. The Morgan fingerprint density at radius 1 is 0.769 bits per heavy atom. The first-order chi connectivity index (χ1) is 12.6. The molecule has 3 rings (SSSR count). The molecule has 1 heterocycles. The Hall–Kier alpha value is -2.99. The largest absolute Gasteiger partial charge is 0.493 e. The van der Waals surface area contributed by atoms with Gasteiger partial charge >= 0.3 is 0 Å². The maximum absolute atomic E-state index is 6.53. The maximum Gasteiger partial charge on any atom is 0.161 e. The van der Waals surface area contributed by atoms with Crippen LogP contribution in [0.3, 0.4) is 0 Å². The number of rotatable bonds is 6. The predicted octanol–water partition coefficient (Wildman–Crippen LogP) is 3.32. The smallest absolute Gasteiger partial charge is 0.161 e. The van der Waals surface area contributed by atoms with Crippen LogP contribution in [-0.2, 0) is 0 Å². The van der Waals surface area contributed by atoms with Gasteiger partial charge in [0.2, 0.25) is 0 Å². The Morgan fingerprint density at radius 2 is 1.38 bits per heavy atom. The number of nitrogens with two attached hydrogens (primary N) is 1. The molecule has 0 spiro atoms. The van der Waals surface area contributed by atoms with Crippen molar-refractivity contribution in [1.82, 2.24) is 4.98 Å². The zero-order valence-electron chi connectivity index (χ0n) is 15.3. The van der Waals surface area contributed by atoms with Gasteiger partial charge in [0, 0.05) is 11.6 Å². The summed E-state index contributed by atoms with van der Waals surface area (Å²) in [4.78, 5) is 4.52. The van der Waals surface area contributed by atoms with E-state index in [2.05, 4.69) is 4.98 Å². The van der Waals surface area contributed by atoms with Gasteiger partial charge in [0.05, 0.1) is 40.2 Å². The van der Waals surface area contributed by atoms with E-state index >= 15 is 0 Å². The summed E-state index contributed by atoms with van der Waals surface area (Å²) in [5, 5.41) is 1.89. The third kappa shape index (κ3) is 3.11. The Balaban J connectivity index is 2.12. The molecule has 0 fully saturated rings. The van der Waals surface area contributed by atoms with Gasteiger partial charge in [-0.1, -0.05) is 6.07 Å². The topological polar surface area (TPSA) is 75.8 Å². The van der Waals surface area contributed by atoms with Gasteiger partial charge in [-0.05, 0) is 41.3 Å². The van der Waals surface area contributed by atoms with Crippen LogP contribution in [0.15, 0.2) is 42.6 Å². The van der Waals surface area contributed by atoms with Gasteiger partial charge in [0.15, 0.2) is 23.0 Å². The lowest BCUT2D eigenvalue weighted by Gasteiger charge is -2.17.